The van der Waals surface area contributed by atoms with Crippen LogP contribution in [0.3, 0.4) is 0 Å². The van der Waals surface area contributed by atoms with Gasteiger partial charge in [0.2, 0.25) is 0 Å². The van der Waals surface area contributed by atoms with Crippen molar-refractivity contribution in [2.45, 2.75) is 6.42 Å². The number of nitrogens with zero attached hydrogens (tertiary/aromatic N) is 2. The number of hydrogen-bond donors (Lipinski definition) is 1. The Morgan fingerprint density at radius 2 is 1.92 bits per heavy atom. The lowest BCUT2D eigenvalue weighted by Gasteiger charge is -2.04. The van der Waals surface area contributed by atoms with E-state index >= 15 is 0 Å². The van der Waals surface area contributed by atoms with Gasteiger partial charge in [-0.05, 0) is 35.9 Å². The van der Waals surface area contributed by atoms with Gasteiger partial charge in [0.15, 0.2) is 5.13 Å². The van der Waals surface area contributed by atoms with E-state index in [1.54, 1.807) is 24.4 Å². The van der Waals surface area contributed by atoms with Crippen LogP contribution in [0, 0.1) is 0 Å². The predicted molar refractivity (Wildman–Crippen MR) is 104 cm³/mol. The molecule has 0 saturated carbocycles. The highest BCUT2D eigenvalue weighted by molar-refractivity contribution is 7.15. The molecule has 128 valence electrons. The highest BCUT2D eigenvalue weighted by atomic mass is 35.5. The molecule has 2 aromatic heterocycles. The number of halogens is 4. The SMILES string of the molecule is O=C(Nc1ncc(Cc2cc(Cl)ccc2Cl)s1)c1ccc(Cl)nc1Cl. The minimum Gasteiger partial charge on any atom is -0.298 e. The van der Waals surface area contributed by atoms with Crippen LogP contribution in [0.15, 0.2) is 36.5 Å². The fourth-order valence-corrected chi connectivity index (χ4v) is 3.70. The molecule has 3 rings (SSSR count). The van der Waals surface area contributed by atoms with Gasteiger partial charge in [0.1, 0.15) is 10.3 Å². The van der Waals surface area contributed by atoms with E-state index in [-0.39, 0.29) is 15.9 Å². The van der Waals surface area contributed by atoms with Gasteiger partial charge in [-0.2, -0.15) is 0 Å². The van der Waals surface area contributed by atoms with Crippen molar-refractivity contribution >= 4 is 68.8 Å². The fraction of sp³-hybridized carbons (Fsp3) is 0.0625. The van der Waals surface area contributed by atoms with Gasteiger partial charge in [-0.1, -0.05) is 46.4 Å². The van der Waals surface area contributed by atoms with E-state index in [4.69, 9.17) is 46.4 Å². The average molecular weight is 433 g/mol. The summed E-state index contributed by atoms with van der Waals surface area (Å²) in [4.78, 5) is 21.2. The molecule has 3 aromatic rings. The van der Waals surface area contributed by atoms with Crippen molar-refractivity contribution in [3.05, 3.63) is 72.9 Å². The number of rotatable bonds is 4. The fourth-order valence-electron chi connectivity index (χ4n) is 2.06. The van der Waals surface area contributed by atoms with Crippen LogP contribution in [0.2, 0.25) is 20.4 Å². The average Bonchev–Trinajstić information content (AvgIpc) is 2.97. The van der Waals surface area contributed by atoms with Crippen LogP contribution in [0.4, 0.5) is 5.13 Å². The third-order valence-electron chi connectivity index (χ3n) is 3.21. The Morgan fingerprint density at radius 1 is 1.12 bits per heavy atom. The van der Waals surface area contributed by atoms with Crippen molar-refractivity contribution in [2.75, 3.05) is 5.32 Å². The lowest BCUT2D eigenvalue weighted by molar-refractivity contribution is 0.102. The van der Waals surface area contributed by atoms with Gasteiger partial charge in [0, 0.05) is 27.5 Å². The zero-order chi connectivity index (χ0) is 18.0. The first-order valence-corrected chi connectivity index (χ1v) is 9.27. The molecule has 1 aromatic carbocycles. The molecule has 0 aliphatic heterocycles. The normalized spacial score (nSPS) is 10.7. The Labute approximate surface area is 167 Å². The largest absolute Gasteiger partial charge is 0.298 e. The number of nitrogens with one attached hydrogen (secondary N) is 1. The molecule has 0 radical (unpaired) electrons. The molecule has 0 unspecified atom stereocenters. The summed E-state index contributed by atoms with van der Waals surface area (Å²) in [6.45, 7) is 0. The molecule has 1 N–H and O–H groups in total. The maximum atomic E-state index is 12.3. The second kappa shape index (κ2) is 7.89. The highest BCUT2D eigenvalue weighted by Crippen LogP contribution is 2.27. The summed E-state index contributed by atoms with van der Waals surface area (Å²) in [5.74, 6) is -0.407. The minimum atomic E-state index is -0.407. The van der Waals surface area contributed by atoms with E-state index in [9.17, 15) is 4.79 Å². The Kier molecular flexibility index (Phi) is 5.81. The first-order chi connectivity index (χ1) is 11.9. The number of carbonyl (C=O) groups excluding carboxylic acids is 1. The lowest BCUT2D eigenvalue weighted by atomic mass is 10.1. The summed E-state index contributed by atoms with van der Waals surface area (Å²) in [5.41, 5.74) is 1.11. The van der Waals surface area contributed by atoms with Crippen molar-refractivity contribution in [3.8, 4) is 0 Å². The van der Waals surface area contributed by atoms with E-state index < -0.39 is 5.91 Å². The summed E-state index contributed by atoms with van der Waals surface area (Å²) >= 11 is 25.2. The lowest BCUT2D eigenvalue weighted by Crippen LogP contribution is -2.12. The molecule has 9 heteroatoms. The number of aromatic nitrogens is 2. The van der Waals surface area contributed by atoms with Crippen molar-refractivity contribution in [3.63, 3.8) is 0 Å². The van der Waals surface area contributed by atoms with Crippen LogP contribution in [0.5, 0.6) is 0 Å². The van der Waals surface area contributed by atoms with Crippen molar-refractivity contribution in [1.29, 1.82) is 0 Å². The van der Waals surface area contributed by atoms with Crippen molar-refractivity contribution in [2.24, 2.45) is 0 Å². The molecule has 2 heterocycles. The first-order valence-electron chi connectivity index (χ1n) is 6.94. The summed E-state index contributed by atoms with van der Waals surface area (Å²) in [6.07, 6.45) is 2.25. The maximum absolute atomic E-state index is 12.3. The summed E-state index contributed by atoms with van der Waals surface area (Å²) in [7, 11) is 0. The number of thiazole rings is 1. The molecular weight excluding hydrogens is 424 g/mol. The second-order valence-corrected chi connectivity index (χ2v) is 7.67. The summed E-state index contributed by atoms with van der Waals surface area (Å²) in [5, 5.41) is 4.64. The zero-order valence-electron chi connectivity index (χ0n) is 12.4. The third kappa shape index (κ3) is 4.63. The quantitative estimate of drug-likeness (QED) is 0.514. The molecule has 0 saturated heterocycles. The second-order valence-electron chi connectivity index (χ2n) is 4.97. The number of hydrogen-bond acceptors (Lipinski definition) is 4. The monoisotopic (exact) mass is 431 g/mol. The van der Waals surface area contributed by atoms with Crippen LogP contribution < -0.4 is 5.32 Å². The molecule has 0 atom stereocenters. The Morgan fingerprint density at radius 3 is 2.68 bits per heavy atom. The van der Waals surface area contributed by atoms with Gasteiger partial charge in [-0.25, -0.2) is 9.97 Å². The van der Waals surface area contributed by atoms with Crippen LogP contribution in [-0.4, -0.2) is 15.9 Å². The van der Waals surface area contributed by atoms with Crippen molar-refractivity contribution in [1.82, 2.24) is 9.97 Å². The van der Waals surface area contributed by atoms with Gasteiger partial charge in [-0.15, -0.1) is 11.3 Å². The van der Waals surface area contributed by atoms with Crippen LogP contribution in [0.25, 0.3) is 0 Å². The van der Waals surface area contributed by atoms with E-state index in [0.717, 1.165) is 10.4 Å². The van der Waals surface area contributed by atoms with Gasteiger partial charge in [-0.3, -0.25) is 10.1 Å². The first kappa shape index (κ1) is 18.4. The molecule has 25 heavy (non-hydrogen) atoms. The topological polar surface area (TPSA) is 54.9 Å². The van der Waals surface area contributed by atoms with Crippen LogP contribution in [0.1, 0.15) is 20.8 Å². The molecule has 0 spiro atoms. The molecule has 0 aliphatic rings. The molecule has 1 amide bonds. The van der Waals surface area contributed by atoms with Gasteiger partial charge in [0.05, 0.1) is 5.56 Å². The number of anilines is 1. The van der Waals surface area contributed by atoms with E-state index in [0.29, 0.717) is 21.6 Å². The molecule has 0 aliphatic carbocycles. The van der Waals surface area contributed by atoms with Gasteiger partial charge < -0.3 is 0 Å². The number of carbonyl (C=O) groups is 1. The maximum Gasteiger partial charge on any atom is 0.260 e. The smallest absolute Gasteiger partial charge is 0.260 e. The Balaban J connectivity index is 1.73. The third-order valence-corrected chi connectivity index (χ3v) is 5.22. The predicted octanol–water partition coefficient (Wildman–Crippen LogP) is 5.99. The van der Waals surface area contributed by atoms with E-state index in [1.165, 1.54) is 23.5 Å². The van der Waals surface area contributed by atoms with Crippen molar-refractivity contribution < 1.29 is 4.79 Å². The molecular formula is C16H9Cl4N3OS. The molecule has 4 nitrogen and oxygen atoms in total. The Hall–Kier alpha value is -1.37. The summed E-state index contributed by atoms with van der Waals surface area (Å²) in [6, 6.07) is 8.29. The van der Waals surface area contributed by atoms with E-state index in [2.05, 4.69) is 15.3 Å². The van der Waals surface area contributed by atoms with Crippen LogP contribution in [-0.2, 0) is 6.42 Å². The van der Waals surface area contributed by atoms with E-state index in [1.807, 2.05) is 0 Å². The minimum absolute atomic E-state index is 0.0347. The standard InChI is InChI=1S/C16H9Cl4N3OS/c17-9-1-3-12(18)8(5-9)6-10-7-21-16(25-10)23-15(24)11-2-4-13(19)22-14(11)20/h1-5,7H,6H2,(H,21,23,24). The van der Waals surface area contributed by atoms with Gasteiger partial charge in [0.25, 0.3) is 5.91 Å². The Bertz CT molecular complexity index is 945. The number of pyridine rings is 1. The summed E-state index contributed by atoms with van der Waals surface area (Å²) < 4.78 is 0. The highest BCUT2D eigenvalue weighted by Gasteiger charge is 2.14. The molecule has 0 bridgehead atoms. The van der Waals surface area contributed by atoms with Crippen LogP contribution >= 0.6 is 57.7 Å². The van der Waals surface area contributed by atoms with Gasteiger partial charge >= 0.3 is 0 Å². The number of benzene rings is 1. The molecule has 0 fully saturated rings. The zero-order valence-corrected chi connectivity index (χ0v) is 16.2. The number of amides is 1.